The number of hydrogen-bond acceptors (Lipinski definition) is 2. The van der Waals surface area contributed by atoms with Crippen molar-refractivity contribution in [2.75, 3.05) is 6.54 Å². The van der Waals surface area contributed by atoms with Crippen molar-refractivity contribution in [1.82, 2.24) is 5.32 Å². The highest BCUT2D eigenvalue weighted by Crippen LogP contribution is 2.26. The van der Waals surface area contributed by atoms with E-state index in [0.717, 1.165) is 18.8 Å². The fourth-order valence-electron chi connectivity index (χ4n) is 1.53. The molecule has 0 aromatic heterocycles. The van der Waals surface area contributed by atoms with E-state index >= 15 is 0 Å². The van der Waals surface area contributed by atoms with Gasteiger partial charge in [0.2, 0.25) is 0 Å². The van der Waals surface area contributed by atoms with Crippen LogP contribution in [0.25, 0.3) is 0 Å². The largest absolute Gasteiger partial charge is 0.480 e. The monoisotopic (exact) mass is 199 g/mol. The first-order chi connectivity index (χ1) is 6.68. The SMILES string of the molecule is CC1CC1.O=C(O)CNC1CCCC1. The molecule has 2 N–H and O–H groups in total. The number of hydrogen-bond donors (Lipinski definition) is 2. The van der Waals surface area contributed by atoms with Crippen LogP contribution in [0, 0.1) is 5.92 Å². The summed E-state index contributed by atoms with van der Waals surface area (Å²) in [6.45, 7) is 2.39. The van der Waals surface area contributed by atoms with E-state index in [-0.39, 0.29) is 6.54 Å². The van der Waals surface area contributed by atoms with Gasteiger partial charge < -0.3 is 10.4 Å². The van der Waals surface area contributed by atoms with Crippen molar-refractivity contribution in [2.24, 2.45) is 5.92 Å². The van der Waals surface area contributed by atoms with Gasteiger partial charge in [-0.3, -0.25) is 4.79 Å². The summed E-state index contributed by atoms with van der Waals surface area (Å²) >= 11 is 0. The molecule has 82 valence electrons. The lowest BCUT2D eigenvalue weighted by Gasteiger charge is -2.07. The summed E-state index contributed by atoms with van der Waals surface area (Å²) in [6, 6.07) is 0.469. The molecule has 0 spiro atoms. The molecule has 2 aliphatic rings. The molecule has 2 aliphatic carbocycles. The average molecular weight is 199 g/mol. The number of rotatable bonds is 3. The smallest absolute Gasteiger partial charge is 0.317 e. The second-order valence-corrected chi connectivity index (χ2v) is 4.44. The fourth-order valence-corrected chi connectivity index (χ4v) is 1.53. The van der Waals surface area contributed by atoms with Gasteiger partial charge in [-0.2, -0.15) is 0 Å². The van der Waals surface area contributed by atoms with Crippen LogP contribution in [0.1, 0.15) is 45.4 Å². The number of carboxylic acids is 1. The van der Waals surface area contributed by atoms with E-state index in [1.807, 2.05) is 0 Å². The van der Waals surface area contributed by atoms with Crippen LogP contribution in [0.15, 0.2) is 0 Å². The third-order valence-electron chi connectivity index (χ3n) is 2.76. The maximum absolute atomic E-state index is 10.1. The molecule has 2 saturated carbocycles. The Kier molecular flexibility index (Phi) is 4.94. The third kappa shape index (κ3) is 5.97. The van der Waals surface area contributed by atoms with Crippen molar-refractivity contribution in [3.8, 4) is 0 Å². The van der Waals surface area contributed by atoms with Crippen LogP contribution >= 0.6 is 0 Å². The summed E-state index contributed by atoms with van der Waals surface area (Å²) in [4.78, 5) is 10.1. The molecule has 0 bridgehead atoms. The van der Waals surface area contributed by atoms with E-state index in [2.05, 4.69) is 12.2 Å². The summed E-state index contributed by atoms with van der Waals surface area (Å²) in [5.41, 5.74) is 0. The molecular formula is C11H21NO2. The zero-order valence-corrected chi connectivity index (χ0v) is 8.96. The molecule has 2 fully saturated rings. The Bertz CT molecular complexity index is 172. The summed E-state index contributed by atoms with van der Waals surface area (Å²) in [5.74, 6) is 0.326. The van der Waals surface area contributed by atoms with Gasteiger partial charge in [-0.15, -0.1) is 0 Å². The van der Waals surface area contributed by atoms with Crippen LogP contribution in [-0.4, -0.2) is 23.7 Å². The van der Waals surface area contributed by atoms with Crippen LogP contribution in [0.4, 0.5) is 0 Å². The summed E-state index contributed by atoms with van der Waals surface area (Å²) in [5, 5.41) is 11.3. The van der Waals surface area contributed by atoms with Crippen molar-refractivity contribution in [1.29, 1.82) is 0 Å². The van der Waals surface area contributed by atoms with Gasteiger partial charge in [-0.1, -0.05) is 32.6 Å². The van der Waals surface area contributed by atoms with Crippen molar-refractivity contribution in [2.45, 2.75) is 51.5 Å². The van der Waals surface area contributed by atoms with Crippen molar-refractivity contribution in [3.63, 3.8) is 0 Å². The van der Waals surface area contributed by atoms with Crippen LogP contribution in [0.2, 0.25) is 0 Å². The zero-order valence-electron chi connectivity index (χ0n) is 8.96. The Morgan fingerprint density at radius 1 is 1.29 bits per heavy atom. The second-order valence-electron chi connectivity index (χ2n) is 4.44. The van der Waals surface area contributed by atoms with Gasteiger partial charge in [-0.25, -0.2) is 0 Å². The van der Waals surface area contributed by atoms with E-state index in [0.29, 0.717) is 6.04 Å². The lowest BCUT2D eigenvalue weighted by atomic mass is 10.2. The van der Waals surface area contributed by atoms with E-state index in [1.54, 1.807) is 0 Å². The van der Waals surface area contributed by atoms with E-state index in [9.17, 15) is 4.79 Å². The molecule has 3 heteroatoms. The lowest BCUT2D eigenvalue weighted by molar-refractivity contribution is -0.136. The van der Waals surface area contributed by atoms with E-state index in [4.69, 9.17) is 5.11 Å². The van der Waals surface area contributed by atoms with Gasteiger partial charge in [0.05, 0.1) is 6.54 Å². The summed E-state index contributed by atoms with van der Waals surface area (Å²) < 4.78 is 0. The molecule has 0 atom stereocenters. The molecular weight excluding hydrogens is 178 g/mol. The fraction of sp³-hybridized carbons (Fsp3) is 0.909. The van der Waals surface area contributed by atoms with E-state index in [1.165, 1.54) is 25.7 Å². The minimum absolute atomic E-state index is 0.116. The zero-order chi connectivity index (χ0) is 10.4. The number of nitrogens with one attached hydrogen (secondary N) is 1. The van der Waals surface area contributed by atoms with Crippen LogP contribution in [0.3, 0.4) is 0 Å². The predicted molar refractivity (Wildman–Crippen MR) is 56.3 cm³/mol. The van der Waals surface area contributed by atoms with Crippen LogP contribution in [-0.2, 0) is 4.79 Å². The Balaban J connectivity index is 0.000000203. The maximum Gasteiger partial charge on any atom is 0.317 e. The highest BCUT2D eigenvalue weighted by atomic mass is 16.4. The standard InChI is InChI=1S/C7H13NO2.C4H8/c9-7(10)5-8-6-3-1-2-4-6;1-4-2-3-4/h6,8H,1-5H2,(H,9,10);4H,2-3H2,1H3. The lowest BCUT2D eigenvalue weighted by Crippen LogP contribution is -2.31. The Morgan fingerprint density at radius 3 is 2.14 bits per heavy atom. The number of carbonyl (C=O) groups is 1. The first-order valence-corrected chi connectivity index (χ1v) is 5.63. The first kappa shape index (κ1) is 11.5. The number of aliphatic carboxylic acids is 1. The molecule has 0 radical (unpaired) electrons. The molecule has 0 aromatic carbocycles. The predicted octanol–water partition coefficient (Wildman–Crippen LogP) is 2.02. The highest BCUT2D eigenvalue weighted by Gasteiger charge is 2.14. The van der Waals surface area contributed by atoms with Crippen LogP contribution < -0.4 is 5.32 Å². The van der Waals surface area contributed by atoms with Crippen molar-refractivity contribution in [3.05, 3.63) is 0 Å². The van der Waals surface area contributed by atoms with Gasteiger partial charge in [-0.05, 0) is 18.8 Å². The first-order valence-electron chi connectivity index (χ1n) is 5.63. The molecule has 0 aromatic rings. The summed E-state index contributed by atoms with van der Waals surface area (Å²) in [6.07, 6.45) is 7.76. The normalized spacial score (nSPS) is 21.5. The third-order valence-corrected chi connectivity index (χ3v) is 2.76. The molecule has 0 saturated heterocycles. The second kappa shape index (κ2) is 6.02. The Labute approximate surface area is 85.9 Å². The van der Waals surface area contributed by atoms with Gasteiger partial charge in [0.25, 0.3) is 0 Å². The molecule has 0 aliphatic heterocycles. The van der Waals surface area contributed by atoms with E-state index < -0.39 is 5.97 Å². The van der Waals surface area contributed by atoms with Crippen molar-refractivity contribution < 1.29 is 9.90 Å². The topological polar surface area (TPSA) is 49.3 Å². The van der Waals surface area contributed by atoms with Crippen molar-refractivity contribution >= 4 is 5.97 Å². The molecule has 0 amide bonds. The minimum atomic E-state index is -0.757. The maximum atomic E-state index is 10.1. The van der Waals surface area contributed by atoms with Gasteiger partial charge in [0.15, 0.2) is 0 Å². The quantitative estimate of drug-likeness (QED) is 0.731. The minimum Gasteiger partial charge on any atom is -0.480 e. The highest BCUT2D eigenvalue weighted by molar-refractivity contribution is 5.69. The van der Waals surface area contributed by atoms with Gasteiger partial charge in [0.1, 0.15) is 0 Å². The summed E-state index contributed by atoms with van der Waals surface area (Å²) in [7, 11) is 0. The molecule has 3 nitrogen and oxygen atoms in total. The van der Waals surface area contributed by atoms with Gasteiger partial charge in [0, 0.05) is 6.04 Å². The van der Waals surface area contributed by atoms with Gasteiger partial charge >= 0.3 is 5.97 Å². The molecule has 0 unspecified atom stereocenters. The molecule has 2 rings (SSSR count). The average Bonchev–Trinajstić information content (AvgIpc) is 2.75. The Hall–Kier alpha value is -0.570. The number of carboxylic acid groups (broad SMARTS) is 1. The molecule has 14 heavy (non-hydrogen) atoms. The molecule has 0 heterocycles. The van der Waals surface area contributed by atoms with Crippen LogP contribution in [0.5, 0.6) is 0 Å². The Morgan fingerprint density at radius 2 is 1.79 bits per heavy atom.